The Hall–Kier alpha value is -2.22. The third-order valence-corrected chi connectivity index (χ3v) is 11.3. The molecule has 0 aliphatic carbocycles. The minimum Gasteiger partial charge on any atom is -0.466 e. The molecule has 350 valence electrons. The summed E-state index contributed by atoms with van der Waals surface area (Å²) in [5.74, 6) is 0.0313. The molecule has 1 N–H and O–H groups in total. The SMILES string of the molecule is CCCCC/C=C\C/C=C\CCCCCCCC(=O)OCCCCCC(O)C(CCCCOC(=O)CCCCCCC/C=C\C/C=C\CCCCC)CN(C)CCN(C)C. The highest BCUT2D eigenvalue weighted by atomic mass is 16.5. The minimum atomic E-state index is -0.367. The first-order valence-electron chi connectivity index (χ1n) is 25.2. The first kappa shape index (κ1) is 57.8. The van der Waals surface area contributed by atoms with E-state index in [2.05, 4.69) is 93.4 Å². The van der Waals surface area contributed by atoms with Gasteiger partial charge in [0.2, 0.25) is 0 Å². The van der Waals surface area contributed by atoms with Crippen molar-refractivity contribution in [2.24, 2.45) is 5.92 Å². The van der Waals surface area contributed by atoms with Crippen molar-refractivity contribution in [3.63, 3.8) is 0 Å². The number of unbranched alkanes of at least 4 members (excludes halogenated alkanes) is 19. The minimum absolute atomic E-state index is 0.0752. The number of hydrogen-bond donors (Lipinski definition) is 1. The molecular formula is C53H98N2O5. The number of hydrogen-bond acceptors (Lipinski definition) is 7. The largest absolute Gasteiger partial charge is 0.466 e. The van der Waals surface area contributed by atoms with Crippen molar-refractivity contribution in [3.05, 3.63) is 48.6 Å². The number of nitrogens with zero attached hydrogens (tertiary/aromatic N) is 2. The first-order valence-corrected chi connectivity index (χ1v) is 25.2. The van der Waals surface area contributed by atoms with Crippen molar-refractivity contribution in [3.8, 4) is 0 Å². The zero-order valence-electron chi connectivity index (χ0n) is 40.2. The summed E-state index contributed by atoms with van der Waals surface area (Å²) in [6.07, 6.45) is 51.1. The van der Waals surface area contributed by atoms with Crippen LogP contribution in [0.25, 0.3) is 0 Å². The molecule has 0 aliphatic rings. The highest BCUT2D eigenvalue weighted by Gasteiger charge is 2.21. The van der Waals surface area contributed by atoms with Crippen LogP contribution in [0, 0.1) is 5.92 Å². The molecule has 0 radical (unpaired) electrons. The summed E-state index contributed by atoms with van der Waals surface area (Å²) in [7, 11) is 6.32. The third-order valence-electron chi connectivity index (χ3n) is 11.3. The van der Waals surface area contributed by atoms with E-state index < -0.39 is 0 Å². The van der Waals surface area contributed by atoms with Crippen LogP contribution in [-0.2, 0) is 19.1 Å². The molecule has 0 aromatic carbocycles. The molecule has 60 heavy (non-hydrogen) atoms. The van der Waals surface area contributed by atoms with E-state index in [4.69, 9.17) is 9.47 Å². The van der Waals surface area contributed by atoms with Crippen molar-refractivity contribution in [1.82, 2.24) is 9.80 Å². The van der Waals surface area contributed by atoms with E-state index in [1.165, 1.54) is 89.9 Å². The van der Waals surface area contributed by atoms with Crippen LogP contribution >= 0.6 is 0 Å². The lowest BCUT2D eigenvalue weighted by molar-refractivity contribution is -0.144. The van der Waals surface area contributed by atoms with E-state index in [-0.39, 0.29) is 24.0 Å². The Bertz CT molecular complexity index is 1050. The molecule has 0 aromatic heterocycles. The Morgan fingerprint density at radius 1 is 0.483 bits per heavy atom. The summed E-state index contributed by atoms with van der Waals surface area (Å²) in [5.41, 5.74) is 0. The Morgan fingerprint density at radius 2 is 0.883 bits per heavy atom. The standard InChI is InChI=1S/C53H98N2O5/c1-6-8-10-12-14-16-18-20-22-24-26-28-30-32-36-43-52(57)59-47-39-34-35-42-51(56)50(49-55(5)46-45-54(3)4)41-38-40-48-60-53(58)44-37-33-31-29-27-25-23-21-19-17-15-13-11-9-7-2/h14-17,20-23,50-51,56H,6-13,18-19,24-49H2,1-5H3/b16-14-,17-15-,22-20-,23-21-. The Kier molecular flexibility index (Phi) is 44.6. The predicted octanol–water partition coefficient (Wildman–Crippen LogP) is 13.9. The van der Waals surface area contributed by atoms with Crippen LogP contribution in [0.3, 0.4) is 0 Å². The fraction of sp³-hybridized carbons (Fsp3) is 0.811. The van der Waals surface area contributed by atoms with Gasteiger partial charge in [-0.05, 0) is 143 Å². The summed E-state index contributed by atoms with van der Waals surface area (Å²) in [5, 5.41) is 11.2. The van der Waals surface area contributed by atoms with Gasteiger partial charge in [0.1, 0.15) is 0 Å². The van der Waals surface area contributed by atoms with E-state index in [9.17, 15) is 14.7 Å². The van der Waals surface area contributed by atoms with Crippen molar-refractivity contribution in [1.29, 1.82) is 0 Å². The highest BCUT2D eigenvalue weighted by Crippen LogP contribution is 2.20. The summed E-state index contributed by atoms with van der Waals surface area (Å²) < 4.78 is 11.1. The lowest BCUT2D eigenvalue weighted by atomic mass is 9.91. The molecule has 7 nitrogen and oxygen atoms in total. The zero-order valence-corrected chi connectivity index (χ0v) is 40.2. The summed E-state index contributed by atoms with van der Waals surface area (Å²) in [4.78, 5) is 29.1. The second-order valence-electron chi connectivity index (χ2n) is 17.6. The number of carbonyl (C=O) groups is 2. The molecule has 0 bridgehead atoms. The first-order chi connectivity index (χ1) is 29.3. The van der Waals surface area contributed by atoms with Crippen LogP contribution < -0.4 is 0 Å². The molecule has 0 fully saturated rings. The lowest BCUT2D eigenvalue weighted by Gasteiger charge is -2.29. The Labute approximate surface area is 372 Å². The van der Waals surface area contributed by atoms with Crippen molar-refractivity contribution >= 4 is 11.9 Å². The normalized spacial score (nSPS) is 13.3. The van der Waals surface area contributed by atoms with E-state index in [1.807, 2.05) is 0 Å². The molecular weight excluding hydrogens is 745 g/mol. The zero-order chi connectivity index (χ0) is 44.0. The van der Waals surface area contributed by atoms with Crippen molar-refractivity contribution in [2.45, 2.75) is 219 Å². The maximum atomic E-state index is 12.3. The summed E-state index contributed by atoms with van der Waals surface area (Å²) >= 11 is 0. The molecule has 7 heteroatoms. The van der Waals surface area contributed by atoms with Gasteiger partial charge in [-0.3, -0.25) is 9.59 Å². The summed E-state index contributed by atoms with van der Waals surface area (Å²) in [6.45, 7) is 8.23. The van der Waals surface area contributed by atoms with Gasteiger partial charge in [-0.15, -0.1) is 0 Å². The monoisotopic (exact) mass is 843 g/mol. The number of aliphatic hydroxyl groups is 1. The second-order valence-corrected chi connectivity index (χ2v) is 17.6. The fourth-order valence-electron chi connectivity index (χ4n) is 7.32. The Balaban J connectivity index is 4.07. The molecule has 0 saturated heterocycles. The number of carbonyl (C=O) groups excluding carboxylic acids is 2. The van der Waals surface area contributed by atoms with Gasteiger partial charge in [-0.2, -0.15) is 0 Å². The molecule has 0 heterocycles. The average molecular weight is 843 g/mol. The van der Waals surface area contributed by atoms with E-state index >= 15 is 0 Å². The smallest absolute Gasteiger partial charge is 0.305 e. The summed E-state index contributed by atoms with van der Waals surface area (Å²) in [6, 6.07) is 0. The molecule has 0 rings (SSSR count). The Morgan fingerprint density at radius 3 is 1.35 bits per heavy atom. The molecule has 0 amide bonds. The van der Waals surface area contributed by atoms with Gasteiger partial charge in [0, 0.05) is 32.5 Å². The topological polar surface area (TPSA) is 79.3 Å². The van der Waals surface area contributed by atoms with Crippen molar-refractivity contribution in [2.75, 3.05) is 54.0 Å². The molecule has 0 spiro atoms. The molecule has 0 aliphatic heterocycles. The van der Waals surface area contributed by atoms with Crippen LogP contribution in [0.4, 0.5) is 0 Å². The van der Waals surface area contributed by atoms with Crippen LogP contribution in [0.2, 0.25) is 0 Å². The van der Waals surface area contributed by atoms with Crippen LogP contribution in [-0.4, -0.2) is 86.9 Å². The molecule has 2 unspecified atom stereocenters. The van der Waals surface area contributed by atoms with Gasteiger partial charge in [-0.25, -0.2) is 0 Å². The predicted molar refractivity (Wildman–Crippen MR) is 259 cm³/mol. The van der Waals surface area contributed by atoms with Crippen LogP contribution in [0.5, 0.6) is 0 Å². The number of rotatable bonds is 45. The highest BCUT2D eigenvalue weighted by molar-refractivity contribution is 5.69. The maximum absolute atomic E-state index is 12.3. The van der Waals surface area contributed by atoms with Crippen LogP contribution in [0.15, 0.2) is 48.6 Å². The fourth-order valence-corrected chi connectivity index (χ4v) is 7.32. The van der Waals surface area contributed by atoms with E-state index in [0.29, 0.717) is 26.1 Å². The van der Waals surface area contributed by atoms with Gasteiger partial charge in [0.15, 0.2) is 0 Å². The third kappa shape index (κ3) is 43.9. The van der Waals surface area contributed by atoms with Crippen molar-refractivity contribution < 1.29 is 24.2 Å². The number of ether oxygens (including phenoxy) is 2. The van der Waals surface area contributed by atoms with E-state index in [1.54, 1.807) is 0 Å². The number of esters is 2. The van der Waals surface area contributed by atoms with Gasteiger partial charge in [0.05, 0.1) is 19.3 Å². The van der Waals surface area contributed by atoms with Crippen LogP contribution in [0.1, 0.15) is 213 Å². The van der Waals surface area contributed by atoms with Gasteiger partial charge in [0.25, 0.3) is 0 Å². The molecule has 0 aromatic rings. The van der Waals surface area contributed by atoms with Gasteiger partial charge < -0.3 is 24.4 Å². The second kappa shape index (κ2) is 46.3. The van der Waals surface area contributed by atoms with Gasteiger partial charge in [-0.1, -0.05) is 133 Å². The van der Waals surface area contributed by atoms with Gasteiger partial charge >= 0.3 is 11.9 Å². The lowest BCUT2D eigenvalue weighted by Crippen LogP contribution is -2.36. The number of allylic oxidation sites excluding steroid dienone is 8. The number of likely N-dealkylation sites (N-methyl/N-ethyl adjacent to an activating group) is 2. The number of aliphatic hydroxyl groups excluding tert-OH is 1. The van der Waals surface area contributed by atoms with E-state index in [0.717, 1.165) is 116 Å². The molecule has 0 saturated carbocycles. The molecule has 2 atom stereocenters. The quantitative estimate of drug-likeness (QED) is 0.0372. The average Bonchev–Trinajstić information content (AvgIpc) is 3.23. The maximum Gasteiger partial charge on any atom is 0.305 e.